The zero-order valence-corrected chi connectivity index (χ0v) is 36.2. The molecular formula is C42H90O4P2. The Morgan fingerprint density at radius 2 is 0.833 bits per heavy atom. The highest BCUT2D eigenvalue weighted by Gasteiger charge is 2.32. The summed E-state index contributed by atoms with van der Waals surface area (Å²) >= 11 is 0. The summed E-state index contributed by atoms with van der Waals surface area (Å²) in [6.07, 6.45) is 37.2. The third-order valence-electron chi connectivity index (χ3n) is 10.7. The van der Waals surface area contributed by atoms with Crippen LogP contribution in [0.5, 0.6) is 0 Å². The first-order valence-corrected chi connectivity index (χ1v) is 23.6. The van der Waals surface area contributed by atoms with Gasteiger partial charge in [0.25, 0.3) is 0 Å². The SMILES string of the molecule is CCCCC(CC)COP(=O)(O)OCC(CC)CCCC.CCCCCCCCCCCCC(CCCC)C(P)(CCCC)CCCC. The summed E-state index contributed by atoms with van der Waals surface area (Å²) in [4.78, 5) is 9.77. The van der Waals surface area contributed by atoms with Gasteiger partial charge in [-0.3, -0.25) is 9.05 Å². The van der Waals surface area contributed by atoms with E-state index >= 15 is 0 Å². The Balaban J connectivity index is 0. The average Bonchev–Trinajstić information content (AvgIpc) is 3.09. The largest absolute Gasteiger partial charge is 0.472 e. The summed E-state index contributed by atoms with van der Waals surface area (Å²) in [5.74, 6) is 1.63. The summed E-state index contributed by atoms with van der Waals surface area (Å²) in [5.41, 5.74) is 0. The molecule has 6 heteroatoms. The van der Waals surface area contributed by atoms with Gasteiger partial charge in [0.15, 0.2) is 0 Å². The fourth-order valence-corrected chi connectivity index (χ4v) is 8.44. The molecule has 292 valence electrons. The van der Waals surface area contributed by atoms with E-state index in [0.717, 1.165) is 57.3 Å². The first-order chi connectivity index (χ1) is 23.1. The zero-order chi connectivity index (χ0) is 36.4. The van der Waals surface area contributed by atoms with Crippen molar-refractivity contribution in [1.82, 2.24) is 0 Å². The molecule has 0 spiro atoms. The predicted molar refractivity (Wildman–Crippen MR) is 219 cm³/mol. The second-order valence-electron chi connectivity index (χ2n) is 15.1. The van der Waals surface area contributed by atoms with Crippen LogP contribution < -0.4 is 0 Å². The van der Waals surface area contributed by atoms with Crippen molar-refractivity contribution in [1.29, 1.82) is 0 Å². The molecule has 0 heterocycles. The molecule has 0 saturated carbocycles. The van der Waals surface area contributed by atoms with Crippen LogP contribution in [0.4, 0.5) is 0 Å². The molecule has 0 amide bonds. The van der Waals surface area contributed by atoms with Crippen molar-refractivity contribution in [3.63, 3.8) is 0 Å². The van der Waals surface area contributed by atoms with Gasteiger partial charge in [-0.1, -0.05) is 197 Å². The maximum atomic E-state index is 11.9. The van der Waals surface area contributed by atoms with Gasteiger partial charge in [0, 0.05) is 0 Å². The molecule has 0 aliphatic rings. The average molecular weight is 721 g/mol. The minimum Gasteiger partial charge on any atom is -0.302 e. The van der Waals surface area contributed by atoms with Gasteiger partial charge < -0.3 is 4.89 Å². The molecule has 0 aliphatic heterocycles. The Hall–Kier alpha value is 0.540. The quantitative estimate of drug-likeness (QED) is 0.0523. The van der Waals surface area contributed by atoms with Crippen LogP contribution in [0.2, 0.25) is 0 Å². The molecule has 4 atom stereocenters. The van der Waals surface area contributed by atoms with E-state index in [2.05, 4.69) is 64.6 Å². The van der Waals surface area contributed by atoms with Gasteiger partial charge in [0.1, 0.15) is 0 Å². The Morgan fingerprint density at radius 3 is 1.21 bits per heavy atom. The third kappa shape index (κ3) is 30.2. The van der Waals surface area contributed by atoms with Crippen LogP contribution in [0.25, 0.3) is 0 Å². The molecule has 0 saturated heterocycles. The summed E-state index contributed by atoms with van der Waals surface area (Å²) in [7, 11) is -0.505. The fraction of sp³-hybridized carbons (Fsp3) is 1.00. The lowest BCUT2D eigenvalue weighted by Gasteiger charge is -2.39. The molecule has 0 fully saturated rings. The van der Waals surface area contributed by atoms with Crippen molar-refractivity contribution >= 4 is 17.1 Å². The van der Waals surface area contributed by atoms with E-state index < -0.39 is 7.82 Å². The van der Waals surface area contributed by atoms with Crippen LogP contribution in [0.15, 0.2) is 0 Å². The molecule has 4 nitrogen and oxygen atoms in total. The highest BCUT2D eigenvalue weighted by Crippen LogP contribution is 2.45. The van der Waals surface area contributed by atoms with E-state index in [4.69, 9.17) is 9.05 Å². The fourth-order valence-electron chi connectivity index (χ4n) is 6.83. The Labute approximate surface area is 306 Å². The third-order valence-corrected chi connectivity index (χ3v) is 12.6. The maximum absolute atomic E-state index is 11.9. The lowest BCUT2D eigenvalue weighted by molar-refractivity contribution is 0.110. The topological polar surface area (TPSA) is 55.8 Å². The molecule has 0 aliphatic carbocycles. The van der Waals surface area contributed by atoms with Crippen molar-refractivity contribution in [2.45, 2.75) is 240 Å². The minimum absolute atomic E-state index is 0.316. The van der Waals surface area contributed by atoms with Crippen LogP contribution in [-0.2, 0) is 13.6 Å². The smallest absolute Gasteiger partial charge is 0.302 e. The number of unbranched alkanes of at least 4 members (excludes halogenated alkanes) is 14. The molecule has 0 aromatic heterocycles. The Bertz CT molecular complexity index is 657. The molecule has 1 N–H and O–H groups in total. The van der Waals surface area contributed by atoms with Gasteiger partial charge in [-0.25, -0.2) is 4.57 Å². The molecular weight excluding hydrogens is 630 g/mol. The maximum Gasteiger partial charge on any atom is 0.472 e. The van der Waals surface area contributed by atoms with Crippen molar-refractivity contribution in [3.8, 4) is 0 Å². The van der Waals surface area contributed by atoms with Crippen LogP contribution in [-0.4, -0.2) is 23.3 Å². The van der Waals surface area contributed by atoms with E-state index in [9.17, 15) is 9.46 Å². The lowest BCUT2D eigenvalue weighted by atomic mass is 9.77. The van der Waals surface area contributed by atoms with Crippen molar-refractivity contribution in [2.75, 3.05) is 13.2 Å². The summed E-state index contributed by atoms with van der Waals surface area (Å²) in [6, 6.07) is 0. The number of hydrogen-bond acceptors (Lipinski definition) is 3. The molecule has 0 rings (SSSR count). The van der Waals surface area contributed by atoms with E-state index in [1.165, 1.54) is 128 Å². The Morgan fingerprint density at radius 1 is 0.500 bits per heavy atom. The second-order valence-corrected chi connectivity index (χ2v) is 17.7. The normalized spacial score (nSPS) is 15.0. The molecule has 48 heavy (non-hydrogen) atoms. The van der Waals surface area contributed by atoms with Gasteiger partial charge >= 0.3 is 7.82 Å². The van der Waals surface area contributed by atoms with Gasteiger partial charge in [-0.2, -0.15) is 0 Å². The van der Waals surface area contributed by atoms with Crippen LogP contribution in [0.1, 0.15) is 235 Å². The van der Waals surface area contributed by atoms with Gasteiger partial charge in [-0.15, -0.1) is 9.24 Å². The first kappa shape index (κ1) is 50.6. The van der Waals surface area contributed by atoms with Gasteiger partial charge in [0.05, 0.1) is 13.2 Å². The highest BCUT2D eigenvalue weighted by atomic mass is 31.2. The number of phosphoric acid groups is 1. The monoisotopic (exact) mass is 721 g/mol. The van der Waals surface area contributed by atoms with Crippen molar-refractivity contribution < 1.29 is 18.5 Å². The second kappa shape index (κ2) is 35.9. The standard InChI is InChI=1S/C26H55P.C16H35O4P/c1-5-9-13-14-15-16-17-18-19-20-22-25(21-10-6-2)26(27,23-11-7-3)24-12-8-4;1-5-9-11-15(7-3)13-19-21(17,18)20-14-16(8-4)12-10-6-2/h25H,5-24,27H2,1-4H3;15-16H,5-14H2,1-4H3,(H,17,18). The van der Waals surface area contributed by atoms with Crippen LogP contribution >= 0.6 is 17.1 Å². The van der Waals surface area contributed by atoms with Crippen LogP contribution in [0.3, 0.4) is 0 Å². The number of hydrogen-bond donors (Lipinski definition) is 1. The van der Waals surface area contributed by atoms with Gasteiger partial charge in [0.2, 0.25) is 0 Å². The predicted octanol–water partition coefficient (Wildman–Crippen LogP) is 15.7. The molecule has 0 aromatic rings. The van der Waals surface area contributed by atoms with E-state index in [1.54, 1.807) is 0 Å². The van der Waals surface area contributed by atoms with E-state index in [1.807, 2.05) is 0 Å². The highest BCUT2D eigenvalue weighted by molar-refractivity contribution is 7.47. The van der Waals surface area contributed by atoms with Crippen molar-refractivity contribution in [2.24, 2.45) is 17.8 Å². The molecule has 0 aromatic carbocycles. The molecule has 0 bridgehead atoms. The van der Waals surface area contributed by atoms with Crippen molar-refractivity contribution in [3.05, 3.63) is 0 Å². The lowest BCUT2D eigenvalue weighted by Crippen LogP contribution is -2.32. The van der Waals surface area contributed by atoms with Crippen LogP contribution in [0, 0.1) is 17.8 Å². The Kier molecular flexibility index (Phi) is 37.9. The zero-order valence-electron chi connectivity index (χ0n) is 34.1. The van der Waals surface area contributed by atoms with E-state index in [0.29, 0.717) is 30.2 Å². The van der Waals surface area contributed by atoms with Gasteiger partial charge in [-0.05, 0) is 61.4 Å². The molecule has 4 unspecified atom stereocenters. The number of rotatable bonds is 35. The summed E-state index contributed by atoms with van der Waals surface area (Å²) in [5, 5.41) is 0.528. The molecule has 0 radical (unpaired) electrons. The summed E-state index contributed by atoms with van der Waals surface area (Å²) in [6.45, 7) is 18.5. The first-order valence-electron chi connectivity index (χ1n) is 21.5. The minimum atomic E-state index is -3.89. The summed E-state index contributed by atoms with van der Waals surface area (Å²) < 4.78 is 22.2. The van der Waals surface area contributed by atoms with E-state index in [-0.39, 0.29) is 0 Å². The number of phosphoric ester groups is 1.